The van der Waals surface area contributed by atoms with Gasteiger partial charge in [0, 0.05) is 12.8 Å². The minimum atomic E-state index is -0.675. The molecule has 0 rings (SSSR count). The monoisotopic (exact) mass is 892 g/mol. The average molecular weight is 893 g/mol. The van der Waals surface area contributed by atoms with Crippen LogP contribution < -0.4 is 5.32 Å². The highest BCUT2D eigenvalue weighted by molar-refractivity contribution is 5.76. The quantitative estimate of drug-likeness (QED) is 0.0418. The zero-order valence-corrected chi connectivity index (χ0v) is 42.8. The maximum absolute atomic E-state index is 12.5. The fourth-order valence-electron chi connectivity index (χ4n) is 9.23. The van der Waals surface area contributed by atoms with Gasteiger partial charge in [0.1, 0.15) is 0 Å². The summed E-state index contributed by atoms with van der Waals surface area (Å²) < 4.78 is 5.47. The first-order valence-corrected chi connectivity index (χ1v) is 28.8. The van der Waals surface area contributed by atoms with Crippen LogP contribution >= 0.6 is 0 Å². The molecule has 0 heterocycles. The van der Waals surface area contributed by atoms with Gasteiger partial charge in [-0.05, 0) is 25.7 Å². The molecule has 0 bridgehead atoms. The number of hydrogen-bond acceptors (Lipinski definition) is 5. The Hall–Kier alpha value is -1.14. The molecule has 2 atom stereocenters. The van der Waals surface area contributed by atoms with Crippen molar-refractivity contribution in [3.8, 4) is 0 Å². The first-order chi connectivity index (χ1) is 31.0. The molecule has 0 aliphatic carbocycles. The molecule has 0 aromatic rings. The van der Waals surface area contributed by atoms with Crippen molar-refractivity contribution in [3.63, 3.8) is 0 Å². The van der Waals surface area contributed by atoms with E-state index in [1.54, 1.807) is 0 Å². The molecule has 0 aromatic heterocycles. The third kappa shape index (κ3) is 50.1. The van der Waals surface area contributed by atoms with Crippen molar-refractivity contribution in [1.82, 2.24) is 5.32 Å². The van der Waals surface area contributed by atoms with Gasteiger partial charge in [0.15, 0.2) is 0 Å². The van der Waals surface area contributed by atoms with Crippen LogP contribution in [0.4, 0.5) is 0 Å². The molecule has 0 aliphatic rings. The van der Waals surface area contributed by atoms with Crippen LogP contribution in [0.3, 0.4) is 0 Å². The first-order valence-electron chi connectivity index (χ1n) is 28.8. The van der Waals surface area contributed by atoms with Gasteiger partial charge in [-0.2, -0.15) is 0 Å². The van der Waals surface area contributed by atoms with E-state index in [-0.39, 0.29) is 18.5 Å². The molecule has 2 unspecified atom stereocenters. The number of esters is 1. The van der Waals surface area contributed by atoms with Gasteiger partial charge in [-0.3, -0.25) is 9.59 Å². The first kappa shape index (κ1) is 61.9. The Kier molecular flexibility index (Phi) is 52.5. The highest BCUT2D eigenvalue weighted by atomic mass is 16.5. The fraction of sp³-hybridized carbons (Fsp3) is 0.965. The van der Waals surface area contributed by atoms with E-state index in [1.807, 2.05) is 0 Å². The predicted octanol–water partition coefficient (Wildman–Crippen LogP) is 17.5. The van der Waals surface area contributed by atoms with Crippen molar-refractivity contribution in [2.75, 3.05) is 13.2 Å². The van der Waals surface area contributed by atoms with Crippen molar-refractivity contribution in [3.05, 3.63) is 0 Å². The van der Waals surface area contributed by atoms with E-state index in [0.29, 0.717) is 25.9 Å². The van der Waals surface area contributed by atoms with E-state index >= 15 is 0 Å². The third-order valence-electron chi connectivity index (χ3n) is 13.7. The van der Waals surface area contributed by atoms with Crippen molar-refractivity contribution in [1.29, 1.82) is 0 Å². The predicted molar refractivity (Wildman–Crippen MR) is 274 cm³/mol. The molecule has 0 aliphatic heterocycles. The molecule has 0 saturated heterocycles. The Morgan fingerprint density at radius 1 is 0.381 bits per heavy atom. The van der Waals surface area contributed by atoms with Crippen LogP contribution in [0.5, 0.6) is 0 Å². The van der Waals surface area contributed by atoms with E-state index < -0.39 is 12.1 Å². The third-order valence-corrected chi connectivity index (χ3v) is 13.7. The summed E-state index contributed by atoms with van der Waals surface area (Å²) in [4.78, 5) is 24.5. The highest BCUT2D eigenvalue weighted by Gasteiger charge is 2.20. The largest absolute Gasteiger partial charge is 0.466 e. The molecular weight excluding hydrogens is 779 g/mol. The SMILES string of the molecule is CCCCCCCCCCCCCCCCCCCCCCC(O)C(CO)NC(=O)CCCCCCCCCCCCCOC(=O)CCCCCCCCCCCCCCCCC. The average Bonchev–Trinajstić information content (AvgIpc) is 3.28. The van der Waals surface area contributed by atoms with Gasteiger partial charge in [0.2, 0.25) is 5.91 Å². The zero-order valence-electron chi connectivity index (χ0n) is 42.8. The summed E-state index contributed by atoms with van der Waals surface area (Å²) in [6.07, 6.45) is 60.8. The molecule has 0 spiro atoms. The maximum Gasteiger partial charge on any atom is 0.305 e. The molecule has 6 nitrogen and oxygen atoms in total. The Balaban J connectivity index is 3.44. The van der Waals surface area contributed by atoms with E-state index in [4.69, 9.17) is 4.74 Å². The topological polar surface area (TPSA) is 95.9 Å². The summed E-state index contributed by atoms with van der Waals surface area (Å²) in [5, 5.41) is 23.3. The van der Waals surface area contributed by atoms with Gasteiger partial charge < -0.3 is 20.3 Å². The van der Waals surface area contributed by atoms with Gasteiger partial charge in [-0.25, -0.2) is 0 Å². The molecule has 63 heavy (non-hydrogen) atoms. The van der Waals surface area contributed by atoms with Crippen LogP contribution in [-0.2, 0) is 14.3 Å². The van der Waals surface area contributed by atoms with Crippen molar-refractivity contribution >= 4 is 11.9 Å². The van der Waals surface area contributed by atoms with Crippen molar-refractivity contribution < 1.29 is 24.5 Å². The normalized spacial score (nSPS) is 12.5. The molecule has 1 amide bonds. The number of aliphatic hydroxyl groups excluding tert-OH is 2. The van der Waals surface area contributed by atoms with E-state index in [9.17, 15) is 19.8 Å². The second kappa shape index (κ2) is 53.5. The Morgan fingerprint density at radius 2 is 0.651 bits per heavy atom. The highest BCUT2D eigenvalue weighted by Crippen LogP contribution is 2.18. The smallest absolute Gasteiger partial charge is 0.305 e. The fourth-order valence-corrected chi connectivity index (χ4v) is 9.23. The van der Waals surface area contributed by atoms with Crippen LogP contribution in [-0.4, -0.2) is 47.4 Å². The van der Waals surface area contributed by atoms with Crippen LogP contribution in [0.25, 0.3) is 0 Å². The lowest BCUT2D eigenvalue weighted by atomic mass is 10.0. The number of rotatable bonds is 54. The molecule has 3 N–H and O–H groups in total. The number of aliphatic hydroxyl groups is 2. The van der Waals surface area contributed by atoms with E-state index in [0.717, 1.165) is 57.8 Å². The van der Waals surface area contributed by atoms with E-state index in [1.165, 1.54) is 238 Å². The van der Waals surface area contributed by atoms with Crippen molar-refractivity contribution in [2.24, 2.45) is 0 Å². The molecule has 0 saturated carbocycles. The van der Waals surface area contributed by atoms with Crippen LogP contribution in [0.2, 0.25) is 0 Å². The Bertz CT molecular complexity index is 898. The number of amides is 1. The zero-order chi connectivity index (χ0) is 45.8. The summed E-state index contributed by atoms with van der Waals surface area (Å²) in [7, 11) is 0. The van der Waals surface area contributed by atoms with Crippen molar-refractivity contribution in [2.45, 2.75) is 341 Å². The molecule has 6 heteroatoms. The molecule has 376 valence electrons. The van der Waals surface area contributed by atoms with Gasteiger partial charge in [0.25, 0.3) is 0 Å². The van der Waals surface area contributed by atoms with Crippen LogP contribution in [0.1, 0.15) is 328 Å². The van der Waals surface area contributed by atoms with Gasteiger partial charge >= 0.3 is 5.97 Å². The lowest BCUT2D eigenvalue weighted by molar-refractivity contribution is -0.143. The summed E-state index contributed by atoms with van der Waals surface area (Å²) in [6.45, 7) is 4.94. The molecule has 0 radical (unpaired) electrons. The summed E-state index contributed by atoms with van der Waals surface area (Å²) in [6, 6.07) is -0.554. The molecular formula is C57H113NO5. The number of unbranched alkanes of at least 4 members (excludes halogenated alkanes) is 43. The summed E-state index contributed by atoms with van der Waals surface area (Å²) in [5.74, 6) is -0.0588. The standard InChI is InChI=1S/C57H113NO5/c1-3-5-7-9-11-13-15-17-19-20-21-22-23-25-26-29-33-37-41-45-49-55(60)54(53-59)58-56(61)50-46-42-38-34-30-28-32-36-40-44-48-52-63-57(62)51-47-43-39-35-31-27-24-18-16-14-12-10-8-6-4-2/h54-55,59-60H,3-53H2,1-2H3,(H,58,61). The molecule has 0 aromatic carbocycles. The second-order valence-electron chi connectivity index (χ2n) is 20.0. The lowest BCUT2D eigenvalue weighted by Gasteiger charge is -2.22. The minimum Gasteiger partial charge on any atom is -0.466 e. The second-order valence-corrected chi connectivity index (χ2v) is 20.0. The lowest BCUT2D eigenvalue weighted by Crippen LogP contribution is -2.45. The van der Waals surface area contributed by atoms with E-state index in [2.05, 4.69) is 19.2 Å². The Morgan fingerprint density at radius 3 is 0.968 bits per heavy atom. The van der Waals surface area contributed by atoms with Gasteiger partial charge in [-0.1, -0.05) is 290 Å². The molecule has 0 fully saturated rings. The number of ether oxygens (including phenoxy) is 1. The van der Waals surface area contributed by atoms with Crippen LogP contribution in [0.15, 0.2) is 0 Å². The number of hydrogen-bond donors (Lipinski definition) is 3. The summed E-state index contributed by atoms with van der Waals surface area (Å²) >= 11 is 0. The number of nitrogens with one attached hydrogen (secondary N) is 1. The number of carbonyl (C=O) groups is 2. The summed E-state index contributed by atoms with van der Waals surface area (Å²) in [5.41, 5.74) is 0. The minimum absolute atomic E-state index is 0.00935. The van der Waals surface area contributed by atoms with Gasteiger partial charge in [-0.15, -0.1) is 0 Å². The Labute approximate surface area is 394 Å². The van der Waals surface area contributed by atoms with Gasteiger partial charge in [0.05, 0.1) is 25.4 Å². The number of carbonyl (C=O) groups excluding carboxylic acids is 2. The van der Waals surface area contributed by atoms with Crippen LogP contribution in [0, 0.1) is 0 Å². The maximum atomic E-state index is 12.5.